The molecule has 4 nitrogen and oxygen atoms in total. The number of para-hydroxylation sites is 1. The topological polar surface area (TPSA) is 59.2 Å². The van der Waals surface area contributed by atoms with E-state index in [0.29, 0.717) is 17.6 Å². The number of rotatable bonds is 3. The predicted molar refractivity (Wildman–Crippen MR) is 74.3 cm³/mol. The van der Waals surface area contributed by atoms with Crippen LogP contribution in [0.3, 0.4) is 0 Å². The zero-order chi connectivity index (χ0) is 13.1. The minimum absolute atomic E-state index is 0.272. The zero-order valence-corrected chi connectivity index (χ0v) is 11.4. The van der Waals surface area contributed by atoms with E-state index >= 15 is 0 Å². The maximum atomic E-state index is 9.73. The van der Waals surface area contributed by atoms with E-state index in [1.807, 2.05) is 23.9 Å². The molecule has 2 aromatic rings. The molecule has 0 aliphatic carbocycles. The van der Waals surface area contributed by atoms with Gasteiger partial charge >= 0.3 is 0 Å². The van der Waals surface area contributed by atoms with Crippen LogP contribution < -0.4 is 0 Å². The van der Waals surface area contributed by atoms with Gasteiger partial charge in [0.05, 0.1) is 11.7 Å². The highest BCUT2D eigenvalue weighted by Crippen LogP contribution is 2.36. The predicted octanol–water partition coefficient (Wildman–Crippen LogP) is 3.32. The summed E-state index contributed by atoms with van der Waals surface area (Å²) in [4.78, 5) is 4.46. The summed E-state index contributed by atoms with van der Waals surface area (Å²) >= 11 is 1.90. The molecule has 5 heteroatoms. The van der Waals surface area contributed by atoms with Gasteiger partial charge in [-0.1, -0.05) is 29.8 Å². The molecule has 3 rings (SSSR count). The maximum Gasteiger partial charge on any atom is 0.231 e. The van der Waals surface area contributed by atoms with E-state index in [0.717, 1.165) is 17.8 Å². The number of thioether (sulfide) groups is 1. The first-order valence-electron chi connectivity index (χ1n) is 6.54. The van der Waals surface area contributed by atoms with Crippen LogP contribution in [-0.4, -0.2) is 21.0 Å². The highest BCUT2D eigenvalue weighted by Gasteiger charge is 2.21. The third-order valence-electron chi connectivity index (χ3n) is 3.28. The molecule has 1 N–H and O–H groups in total. The van der Waals surface area contributed by atoms with Crippen LogP contribution in [0.4, 0.5) is 0 Å². The van der Waals surface area contributed by atoms with Crippen molar-refractivity contribution >= 4 is 11.8 Å². The van der Waals surface area contributed by atoms with Crippen LogP contribution in [0.15, 0.2) is 28.8 Å². The molecule has 1 aromatic carbocycles. The quantitative estimate of drug-likeness (QED) is 0.931. The van der Waals surface area contributed by atoms with Gasteiger partial charge in [0.1, 0.15) is 5.75 Å². The van der Waals surface area contributed by atoms with Crippen molar-refractivity contribution in [3.05, 3.63) is 41.5 Å². The molecule has 1 fully saturated rings. The standard InChI is InChI=1S/C14H16N2O2S/c17-11-6-2-1-5-10(11)9-13-15-14(16-18-13)12-7-3-4-8-19-12/h1-2,5-6,12,17H,3-4,7-9H2. The molecular weight excluding hydrogens is 260 g/mol. The van der Waals surface area contributed by atoms with E-state index in [4.69, 9.17) is 4.52 Å². The van der Waals surface area contributed by atoms with E-state index in [2.05, 4.69) is 10.1 Å². The van der Waals surface area contributed by atoms with Crippen LogP contribution in [-0.2, 0) is 6.42 Å². The Kier molecular flexibility index (Phi) is 3.73. The lowest BCUT2D eigenvalue weighted by molar-refractivity contribution is 0.376. The van der Waals surface area contributed by atoms with Crippen molar-refractivity contribution in [2.75, 3.05) is 5.75 Å². The van der Waals surface area contributed by atoms with Gasteiger partial charge in [-0.25, -0.2) is 0 Å². The largest absolute Gasteiger partial charge is 0.508 e. The summed E-state index contributed by atoms with van der Waals surface area (Å²) in [6.45, 7) is 0. The first kappa shape index (κ1) is 12.5. The van der Waals surface area contributed by atoms with Crippen LogP contribution in [0.1, 0.15) is 41.8 Å². The Morgan fingerprint density at radius 1 is 1.32 bits per heavy atom. The Morgan fingerprint density at radius 2 is 2.21 bits per heavy atom. The molecule has 1 atom stereocenters. The van der Waals surface area contributed by atoms with Crippen LogP contribution in [0, 0.1) is 0 Å². The Balaban J connectivity index is 1.73. The highest BCUT2D eigenvalue weighted by atomic mass is 32.2. The van der Waals surface area contributed by atoms with Crippen molar-refractivity contribution in [3.63, 3.8) is 0 Å². The van der Waals surface area contributed by atoms with Gasteiger partial charge in [-0.15, -0.1) is 0 Å². The van der Waals surface area contributed by atoms with Crippen LogP contribution in [0.5, 0.6) is 5.75 Å². The molecule has 1 aliphatic rings. The van der Waals surface area contributed by atoms with Crippen molar-refractivity contribution in [3.8, 4) is 5.75 Å². The molecule has 0 saturated carbocycles. The number of benzene rings is 1. The fraction of sp³-hybridized carbons (Fsp3) is 0.429. The summed E-state index contributed by atoms with van der Waals surface area (Å²) in [7, 11) is 0. The Morgan fingerprint density at radius 3 is 3.00 bits per heavy atom. The molecule has 2 heterocycles. The summed E-state index contributed by atoms with van der Waals surface area (Å²) < 4.78 is 5.29. The van der Waals surface area contributed by atoms with Crippen molar-refractivity contribution in [1.29, 1.82) is 0 Å². The highest BCUT2D eigenvalue weighted by molar-refractivity contribution is 7.99. The Bertz CT molecular complexity index is 550. The van der Waals surface area contributed by atoms with Gasteiger partial charge in [0.2, 0.25) is 5.89 Å². The second-order valence-electron chi connectivity index (χ2n) is 4.71. The van der Waals surface area contributed by atoms with Crippen LogP contribution in [0.25, 0.3) is 0 Å². The van der Waals surface area contributed by atoms with Crippen molar-refractivity contribution in [2.24, 2.45) is 0 Å². The SMILES string of the molecule is Oc1ccccc1Cc1nc(C2CCCCS2)no1. The van der Waals surface area contributed by atoms with E-state index in [1.54, 1.807) is 12.1 Å². The molecule has 0 amide bonds. The summed E-state index contributed by atoms with van der Waals surface area (Å²) in [5.41, 5.74) is 0.814. The van der Waals surface area contributed by atoms with Gasteiger partial charge in [0.25, 0.3) is 0 Å². The number of nitrogens with zero attached hydrogens (tertiary/aromatic N) is 2. The molecule has 1 unspecified atom stereocenters. The number of hydrogen-bond donors (Lipinski definition) is 1. The second-order valence-corrected chi connectivity index (χ2v) is 6.02. The summed E-state index contributed by atoms with van der Waals surface area (Å²) in [5.74, 6) is 2.82. The van der Waals surface area contributed by atoms with E-state index in [9.17, 15) is 5.11 Å². The minimum atomic E-state index is 0.272. The van der Waals surface area contributed by atoms with Crippen LogP contribution in [0.2, 0.25) is 0 Å². The van der Waals surface area contributed by atoms with Crippen LogP contribution >= 0.6 is 11.8 Å². The zero-order valence-electron chi connectivity index (χ0n) is 10.6. The summed E-state index contributed by atoms with van der Waals surface area (Å²) in [6, 6.07) is 7.23. The number of phenolic OH excluding ortho intramolecular Hbond substituents is 1. The third-order valence-corrected chi connectivity index (χ3v) is 4.66. The Hall–Kier alpha value is -1.49. The number of phenols is 1. The molecule has 0 bridgehead atoms. The van der Waals surface area contributed by atoms with Gasteiger partial charge in [-0.05, 0) is 24.7 Å². The maximum absolute atomic E-state index is 9.73. The van der Waals surface area contributed by atoms with Crippen molar-refractivity contribution in [2.45, 2.75) is 30.9 Å². The normalized spacial score (nSPS) is 19.5. The number of hydrogen-bond acceptors (Lipinski definition) is 5. The average molecular weight is 276 g/mol. The van der Waals surface area contributed by atoms with Gasteiger partial charge in [0.15, 0.2) is 5.82 Å². The van der Waals surface area contributed by atoms with Gasteiger partial charge < -0.3 is 9.63 Å². The smallest absolute Gasteiger partial charge is 0.231 e. The van der Waals surface area contributed by atoms with Crippen molar-refractivity contribution in [1.82, 2.24) is 10.1 Å². The lowest BCUT2D eigenvalue weighted by atomic mass is 10.1. The average Bonchev–Trinajstić information content (AvgIpc) is 2.91. The molecule has 1 aliphatic heterocycles. The summed E-state index contributed by atoms with van der Waals surface area (Å²) in [6.07, 6.45) is 4.13. The fourth-order valence-electron chi connectivity index (χ4n) is 2.24. The van der Waals surface area contributed by atoms with E-state index in [1.165, 1.54) is 18.6 Å². The Labute approximate surface area is 116 Å². The molecule has 1 aromatic heterocycles. The van der Waals surface area contributed by atoms with Gasteiger partial charge in [-0.2, -0.15) is 16.7 Å². The number of aromatic nitrogens is 2. The molecule has 1 saturated heterocycles. The molecule has 19 heavy (non-hydrogen) atoms. The number of aromatic hydroxyl groups is 1. The lowest BCUT2D eigenvalue weighted by Gasteiger charge is -2.17. The van der Waals surface area contributed by atoms with E-state index in [-0.39, 0.29) is 5.75 Å². The third kappa shape index (κ3) is 2.92. The minimum Gasteiger partial charge on any atom is -0.508 e. The summed E-state index contributed by atoms with van der Waals surface area (Å²) in [5, 5.41) is 14.2. The van der Waals surface area contributed by atoms with Gasteiger partial charge in [0, 0.05) is 5.56 Å². The lowest BCUT2D eigenvalue weighted by Crippen LogP contribution is -2.03. The molecule has 0 spiro atoms. The second kappa shape index (κ2) is 5.65. The monoisotopic (exact) mass is 276 g/mol. The first-order chi connectivity index (χ1) is 9.33. The fourth-order valence-corrected chi connectivity index (χ4v) is 3.47. The first-order valence-corrected chi connectivity index (χ1v) is 7.59. The van der Waals surface area contributed by atoms with E-state index < -0.39 is 0 Å². The van der Waals surface area contributed by atoms with Gasteiger partial charge in [-0.3, -0.25) is 0 Å². The van der Waals surface area contributed by atoms with Crippen molar-refractivity contribution < 1.29 is 9.63 Å². The molecule has 0 radical (unpaired) electrons. The molecule has 100 valence electrons. The molecular formula is C14H16N2O2S.